The van der Waals surface area contributed by atoms with E-state index in [-0.39, 0.29) is 35.5 Å². The summed E-state index contributed by atoms with van der Waals surface area (Å²) in [6.07, 6.45) is 0.109. The summed E-state index contributed by atoms with van der Waals surface area (Å²) >= 11 is 0. The molecule has 9 heteroatoms. The van der Waals surface area contributed by atoms with Gasteiger partial charge < -0.3 is 26.0 Å². The zero-order valence-electron chi connectivity index (χ0n) is 15.9. The van der Waals surface area contributed by atoms with Crippen molar-refractivity contribution < 1.29 is 34.5 Å². The Morgan fingerprint density at radius 1 is 1.07 bits per heavy atom. The second-order valence-corrected chi connectivity index (χ2v) is 7.33. The minimum Gasteiger partial charge on any atom is -0.507 e. The van der Waals surface area contributed by atoms with Gasteiger partial charge in [-0.15, -0.1) is 0 Å². The van der Waals surface area contributed by atoms with E-state index >= 15 is 0 Å². The van der Waals surface area contributed by atoms with Crippen LogP contribution in [0.3, 0.4) is 0 Å². The molecule has 5 N–H and O–H groups in total. The first-order valence-electron chi connectivity index (χ1n) is 8.84. The lowest BCUT2D eigenvalue weighted by Gasteiger charge is -2.29. The number of benzene rings is 1. The van der Waals surface area contributed by atoms with Crippen molar-refractivity contribution >= 4 is 28.9 Å². The van der Waals surface area contributed by atoms with Gasteiger partial charge in [-0.1, -0.05) is 0 Å². The smallest absolute Gasteiger partial charge is 0.256 e. The van der Waals surface area contributed by atoms with Crippen LogP contribution in [0.2, 0.25) is 0 Å². The number of fused-ring (bicyclic) bond motifs is 1. The Balaban J connectivity index is 1.97. The Labute approximate surface area is 165 Å². The Morgan fingerprint density at radius 3 is 2.31 bits per heavy atom. The molecule has 1 amide bonds. The number of carbonyl (C=O) groups is 4. The third kappa shape index (κ3) is 3.24. The number of phenolic OH excluding ortho intramolecular Hbond substituents is 1. The normalized spacial score (nSPS) is 19.5. The maximum Gasteiger partial charge on any atom is 0.256 e. The molecular formula is C20H20N2O7. The van der Waals surface area contributed by atoms with Crippen LogP contribution in [0, 0.1) is 5.92 Å². The molecule has 29 heavy (non-hydrogen) atoms. The van der Waals surface area contributed by atoms with Crippen LogP contribution in [-0.2, 0) is 20.8 Å². The molecule has 3 rings (SSSR count). The number of hydrogen-bond donors (Lipinski definition) is 4. The fourth-order valence-electron chi connectivity index (χ4n) is 3.86. The predicted octanol–water partition coefficient (Wildman–Crippen LogP) is 0.855. The molecule has 1 aromatic rings. The number of rotatable bonds is 4. The van der Waals surface area contributed by atoms with Gasteiger partial charge in [0, 0.05) is 31.8 Å². The number of anilines is 1. The average molecular weight is 400 g/mol. The van der Waals surface area contributed by atoms with Crippen molar-refractivity contribution in [3.8, 4) is 5.75 Å². The molecule has 1 unspecified atom stereocenters. The lowest BCUT2D eigenvalue weighted by Crippen LogP contribution is -2.33. The molecular weight excluding hydrogens is 380 g/mol. The molecule has 0 aromatic heterocycles. The van der Waals surface area contributed by atoms with E-state index in [1.54, 1.807) is 25.1 Å². The second kappa shape index (κ2) is 7.08. The van der Waals surface area contributed by atoms with Crippen molar-refractivity contribution in [1.29, 1.82) is 0 Å². The largest absolute Gasteiger partial charge is 0.507 e. The van der Waals surface area contributed by atoms with Gasteiger partial charge in [-0.2, -0.15) is 0 Å². The van der Waals surface area contributed by atoms with E-state index in [0.717, 1.165) is 5.69 Å². The number of amides is 1. The molecule has 0 saturated heterocycles. The topological polar surface area (TPSA) is 158 Å². The van der Waals surface area contributed by atoms with E-state index in [9.17, 15) is 34.5 Å². The summed E-state index contributed by atoms with van der Waals surface area (Å²) in [5, 5.41) is 30.2. The molecule has 0 heterocycles. The number of aromatic hydroxyl groups is 1. The van der Waals surface area contributed by atoms with Crippen LogP contribution in [0.25, 0.3) is 0 Å². The van der Waals surface area contributed by atoms with E-state index in [4.69, 9.17) is 5.73 Å². The van der Waals surface area contributed by atoms with Crippen LogP contribution < -0.4 is 10.6 Å². The fraction of sp³-hybridized carbons (Fsp3) is 0.300. The lowest BCUT2D eigenvalue weighted by atomic mass is 9.77. The summed E-state index contributed by atoms with van der Waals surface area (Å²) in [6.45, 7) is 0. The number of hydrogen-bond acceptors (Lipinski definition) is 8. The van der Waals surface area contributed by atoms with E-state index in [0.29, 0.717) is 12.0 Å². The van der Waals surface area contributed by atoms with Gasteiger partial charge in [0.25, 0.3) is 5.91 Å². The molecule has 0 spiro atoms. The van der Waals surface area contributed by atoms with E-state index in [1.165, 1.54) is 6.07 Å². The van der Waals surface area contributed by atoms with Gasteiger partial charge >= 0.3 is 0 Å². The van der Waals surface area contributed by atoms with Crippen LogP contribution in [0.1, 0.15) is 28.8 Å². The second-order valence-electron chi connectivity index (χ2n) is 7.33. The lowest BCUT2D eigenvalue weighted by molar-refractivity contribution is -0.124. The number of aliphatic hydroxyl groups excluding tert-OH is 2. The predicted molar refractivity (Wildman–Crippen MR) is 102 cm³/mol. The summed E-state index contributed by atoms with van der Waals surface area (Å²) in [6, 6.07) is 3.11. The summed E-state index contributed by atoms with van der Waals surface area (Å²) < 4.78 is 0. The zero-order chi connectivity index (χ0) is 21.6. The van der Waals surface area contributed by atoms with Crippen molar-refractivity contribution in [3.05, 3.63) is 45.9 Å². The van der Waals surface area contributed by atoms with Crippen molar-refractivity contribution in [1.82, 2.24) is 0 Å². The van der Waals surface area contributed by atoms with Crippen molar-refractivity contribution in [2.45, 2.75) is 19.3 Å². The molecule has 0 saturated carbocycles. The summed E-state index contributed by atoms with van der Waals surface area (Å²) in [7, 11) is 3.57. The molecule has 0 fully saturated rings. The van der Waals surface area contributed by atoms with Gasteiger partial charge in [0.15, 0.2) is 17.3 Å². The Hall–Kier alpha value is -3.62. The minimum absolute atomic E-state index is 0.0250. The van der Waals surface area contributed by atoms with Gasteiger partial charge in [0.1, 0.15) is 11.3 Å². The third-order valence-electron chi connectivity index (χ3n) is 5.19. The molecule has 2 aliphatic carbocycles. The Kier molecular flexibility index (Phi) is 4.91. The van der Waals surface area contributed by atoms with Crippen molar-refractivity contribution in [2.24, 2.45) is 11.7 Å². The quantitative estimate of drug-likeness (QED) is 0.428. The summed E-state index contributed by atoms with van der Waals surface area (Å²) in [5.41, 5.74) is 5.21. The number of nitrogens with zero attached hydrogens (tertiary/aromatic N) is 1. The minimum atomic E-state index is -1.32. The van der Waals surface area contributed by atoms with Gasteiger partial charge in [-0.25, -0.2) is 0 Å². The Bertz CT molecular complexity index is 1030. The maximum absolute atomic E-state index is 12.6. The standard InChI is InChI=1S/C20H20N2O7/c1-22(2)11-3-4-12(23)14-9(11)5-8(7-13(14)24)6-10-16(25)18(27)15(20(21)29)19(28)17(10)26/h3-4,8,23,25,28H,5-7H2,1-2H3,(H2,21,29). The first-order chi connectivity index (χ1) is 13.5. The van der Waals surface area contributed by atoms with Crippen LogP contribution in [-0.4, -0.2) is 52.7 Å². The molecule has 2 aliphatic rings. The molecule has 0 radical (unpaired) electrons. The van der Waals surface area contributed by atoms with E-state index in [1.807, 2.05) is 0 Å². The molecule has 1 atom stereocenters. The molecule has 9 nitrogen and oxygen atoms in total. The van der Waals surface area contributed by atoms with Gasteiger partial charge in [-0.05, 0) is 36.5 Å². The highest BCUT2D eigenvalue weighted by Gasteiger charge is 2.39. The van der Waals surface area contributed by atoms with Crippen LogP contribution >= 0.6 is 0 Å². The molecule has 152 valence electrons. The summed E-state index contributed by atoms with van der Waals surface area (Å²) in [4.78, 5) is 50.3. The average Bonchev–Trinajstić information content (AvgIpc) is 2.63. The van der Waals surface area contributed by atoms with Crippen LogP contribution in [0.5, 0.6) is 5.75 Å². The number of aliphatic hydroxyl groups is 2. The highest BCUT2D eigenvalue weighted by molar-refractivity contribution is 6.33. The molecule has 0 aliphatic heterocycles. The molecule has 0 bridgehead atoms. The van der Waals surface area contributed by atoms with Gasteiger partial charge in [0.05, 0.1) is 5.56 Å². The van der Waals surface area contributed by atoms with Crippen LogP contribution in [0.15, 0.2) is 34.8 Å². The number of primary amides is 1. The fourth-order valence-corrected chi connectivity index (χ4v) is 3.86. The van der Waals surface area contributed by atoms with E-state index < -0.39 is 40.5 Å². The molecule has 1 aromatic carbocycles. The van der Waals surface area contributed by atoms with Gasteiger partial charge in [0.2, 0.25) is 11.6 Å². The number of carbonyl (C=O) groups excluding carboxylic acids is 4. The Morgan fingerprint density at radius 2 is 1.72 bits per heavy atom. The number of nitrogens with two attached hydrogens (primary N) is 1. The van der Waals surface area contributed by atoms with Gasteiger partial charge in [-0.3, -0.25) is 19.2 Å². The monoisotopic (exact) mass is 400 g/mol. The van der Waals surface area contributed by atoms with Crippen molar-refractivity contribution in [2.75, 3.05) is 19.0 Å². The van der Waals surface area contributed by atoms with Crippen molar-refractivity contribution in [3.63, 3.8) is 0 Å². The number of allylic oxidation sites excluding steroid dienone is 2. The zero-order valence-corrected chi connectivity index (χ0v) is 15.9. The highest BCUT2D eigenvalue weighted by Crippen LogP contribution is 2.40. The number of Topliss-reactive ketones (excluding diaryl/α,β-unsaturated/α-hetero) is 3. The first-order valence-corrected chi connectivity index (χ1v) is 8.84. The SMILES string of the molecule is CN(C)c1ccc(O)c2c1CC(CC1=C(O)C(=O)C(C(N)=O)=C(O)C1=O)CC2=O. The first kappa shape index (κ1) is 20.1. The number of phenols is 1. The van der Waals surface area contributed by atoms with Crippen LogP contribution in [0.4, 0.5) is 5.69 Å². The maximum atomic E-state index is 12.6. The number of ketones is 3. The third-order valence-corrected chi connectivity index (χ3v) is 5.19. The highest BCUT2D eigenvalue weighted by atomic mass is 16.3. The summed E-state index contributed by atoms with van der Waals surface area (Å²) in [5.74, 6) is -6.60. The van der Waals surface area contributed by atoms with E-state index in [2.05, 4.69) is 0 Å².